The molecule has 0 radical (unpaired) electrons. The van der Waals surface area contributed by atoms with Crippen LogP contribution in [0.25, 0.3) is 0 Å². The first-order valence-corrected chi connectivity index (χ1v) is 6.55. The van der Waals surface area contributed by atoms with Crippen LogP contribution in [0.5, 0.6) is 0 Å². The van der Waals surface area contributed by atoms with Gasteiger partial charge < -0.3 is 15.0 Å². The summed E-state index contributed by atoms with van der Waals surface area (Å²) in [6, 6.07) is -0.480. The van der Waals surface area contributed by atoms with Crippen LogP contribution in [-0.4, -0.2) is 48.1 Å². The van der Waals surface area contributed by atoms with Crippen LogP contribution >= 0.6 is 0 Å². The van der Waals surface area contributed by atoms with Crippen LogP contribution < -0.4 is 5.32 Å². The van der Waals surface area contributed by atoms with Gasteiger partial charge in [0.25, 0.3) is 0 Å². The third-order valence-electron chi connectivity index (χ3n) is 3.72. The summed E-state index contributed by atoms with van der Waals surface area (Å²) >= 11 is 0. The molecule has 0 aromatic carbocycles. The number of piperazine rings is 1. The van der Waals surface area contributed by atoms with E-state index in [1.54, 1.807) is 18.9 Å². The molecule has 104 valence electrons. The molecular formula is C13H24N2O3. The van der Waals surface area contributed by atoms with E-state index in [1.807, 2.05) is 20.8 Å². The smallest absolute Gasteiger partial charge is 0.249 e. The van der Waals surface area contributed by atoms with Crippen molar-refractivity contribution in [2.24, 2.45) is 0 Å². The lowest BCUT2D eigenvalue weighted by Crippen LogP contribution is -2.70. The van der Waals surface area contributed by atoms with Gasteiger partial charge in [-0.3, -0.25) is 9.59 Å². The Balaban J connectivity index is 3.06. The molecule has 0 aromatic heterocycles. The van der Waals surface area contributed by atoms with Crippen molar-refractivity contribution < 1.29 is 14.3 Å². The van der Waals surface area contributed by atoms with Crippen LogP contribution in [0, 0.1) is 0 Å². The molecule has 0 spiro atoms. The lowest BCUT2D eigenvalue weighted by atomic mass is 9.90. The van der Waals surface area contributed by atoms with Gasteiger partial charge in [-0.05, 0) is 26.7 Å². The number of ether oxygens (including phenoxy) is 1. The predicted molar refractivity (Wildman–Crippen MR) is 69.1 cm³/mol. The molecule has 1 aliphatic rings. The zero-order chi connectivity index (χ0) is 13.9. The summed E-state index contributed by atoms with van der Waals surface area (Å²) in [6.07, 6.45) is 1.20. The van der Waals surface area contributed by atoms with Crippen LogP contribution in [-0.2, 0) is 14.3 Å². The molecule has 5 heteroatoms. The molecule has 0 aliphatic carbocycles. The number of nitrogens with one attached hydrogen (secondary N) is 1. The minimum absolute atomic E-state index is 0.0130. The standard InChI is InChI=1S/C13H24N2O3/c1-6-10-11(16)14-13(4,7-2)12(17)15(10)9(3)8-18-5/h9-10H,6-8H2,1-5H3,(H,14,16). The SMILES string of the molecule is CCC1C(=O)NC(C)(CC)C(=O)N1C(C)COC. The quantitative estimate of drug-likeness (QED) is 0.796. The summed E-state index contributed by atoms with van der Waals surface area (Å²) in [6.45, 7) is 7.96. The van der Waals surface area contributed by atoms with E-state index in [0.717, 1.165) is 0 Å². The van der Waals surface area contributed by atoms with Gasteiger partial charge in [0, 0.05) is 7.11 Å². The monoisotopic (exact) mass is 256 g/mol. The van der Waals surface area contributed by atoms with Gasteiger partial charge in [-0.25, -0.2) is 0 Å². The Bertz CT molecular complexity index is 332. The fraction of sp³-hybridized carbons (Fsp3) is 0.846. The highest BCUT2D eigenvalue weighted by Gasteiger charge is 2.47. The number of amides is 2. The summed E-state index contributed by atoms with van der Waals surface area (Å²) < 4.78 is 5.11. The molecule has 3 unspecified atom stereocenters. The molecule has 1 heterocycles. The van der Waals surface area contributed by atoms with Crippen molar-refractivity contribution >= 4 is 11.8 Å². The summed E-state index contributed by atoms with van der Waals surface area (Å²) in [5.74, 6) is -0.0783. The van der Waals surface area contributed by atoms with Crippen molar-refractivity contribution in [3.8, 4) is 0 Å². The molecule has 1 aliphatic heterocycles. The van der Waals surface area contributed by atoms with Crippen LogP contribution in [0.4, 0.5) is 0 Å². The molecule has 1 N–H and O–H groups in total. The maximum atomic E-state index is 12.6. The second kappa shape index (κ2) is 5.69. The van der Waals surface area contributed by atoms with Crippen LogP contribution in [0.1, 0.15) is 40.5 Å². The Morgan fingerprint density at radius 3 is 2.50 bits per heavy atom. The first-order valence-electron chi connectivity index (χ1n) is 6.55. The molecule has 1 rings (SSSR count). The van der Waals surface area contributed by atoms with Gasteiger partial charge in [-0.1, -0.05) is 13.8 Å². The molecule has 3 atom stereocenters. The summed E-state index contributed by atoms with van der Waals surface area (Å²) in [5.41, 5.74) is -0.787. The van der Waals surface area contributed by atoms with E-state index in [9.17, 15) is 9.59 Å². The van der Waals surface area contributed by atoms with E-state index < -0.39 is 5.54 Å². The van der Waals surface area contributed by atoms with Gasteiger partial charge in [0.2, 0.25) is 11.8 Å². The number of carbonyl (C=O) groups is 2. The van der Waals surface area contributed by atoms with E-state index in [0.29, 0.717) is 19.4 Å². The van der Waals surface area contributed by atoms with Gasteiger partial charge in [-0.15, -0.1) is 0 Å². The minimum atomic E-state index is -0.787. The fourth-order valence-corrected chi connectivity index (χ4v) is 2.41. The van der Waals surface area contributed by atoms with E-state index in [4.69, 9.17) is 4.74 Å². The minimum Gasteiger partial charge on any atom is -0.383 e. The Morgan fingerprint density at radius 1 is 1.44 bits per heavy atom. The third kappa shape index (κ3) is 2.51. The van der Waals surface area contributed by atoms with E-state index >= 15 is 0 Å². The zero-order valence-corrected chi connectivity index (χ0v) is 11.9. The van der Waals surface area contributed by atoms with Crippen LogP contribution in [0.3, 0.4) is 0 Å². The van der Waals surface area contributed by atoms with Gasteiger partial charge in [0.15, 0.2) is 0 Å². The van der Waals surface area contributed by atoms with Crippen molar-refractivity contribution in [3.05, 3.63) is 0 Å². The number of carbonyl (C=O) groups excluding carboxylic acids is 2. The van der Waals surface area contributed by atoms with Crippen molar-refractivity contribution in [1.82, 2.24) is 10.2 Å². The van der Waals surface area contributed by atoms with Crippen molar-refractivity contribution in [3.63, 3.8) is 0 Å². The van der Waals surface area contributed by atoms with Crippen LogP contribution in [0.2, 0.25) is 0 Å². The summed E-state index contributed by atoms with van der Waals surface area (Å²) in [7, 11) is 1.60. The molecule has 0 saturated carbocycles. The van der Waals surface area contributed by atoms with Gasteiger partial charge in [-0.2, -0.15) is 0 Å². The molecular weight excluding hydrogens is 232 g/mol. The average Bonchev–Trinajstić information content (AvgIpc) is 2.33. The highest BCUT2D eigenvalue weighted by atomic mass is 16.5. The number of hydrogen-bond acceptors (Lipinski definition) is 3. The number of methoxy groups -OCH3 is 1. The molecule has 18 heavy (non-hydrogen) atoms. The number of hydrogen-bond donors (Lipinski definition) is 1. The lowest BCUT2D eigenvalue weighted by Gasteiger charge is -2.46. The Hall–Kier alpha value is -1.10. The normalized spacial score (nSPS) is 30.3. The Kier molecular flexibility index (Phi) is 4.73. The average molecular weight is 256 g/mol. The van der Waals surface area contributed by atoms with Gasteiger partial charge in [0.05, 0.1) is 12.6 Å². The maximum absolute atomic E-state index is 12.6. The molecule has 0 aromatic rings. The van der Waals surface area contributed by atoms with Gasteiger partial charge in [0.1, 0.15) is 11.6 Å². The van der Waals surface area contributed by atoms with Gasteiger partial charge >= 0.3 is 0 Å². The fourth-order valence-electron chi connectivity index (χ4n) is 2.41. The molecule has 1 fully saturated rings. The molecule has 5 nitrogen and oxygen atoms in total. The van der Waals surface area contributed by atoms with Crippen LogP contribution in [0.15, 0.2) is 0 Å². The molecule has 2 amide bonds. The largest absolute Gasteiger partial charge is 0.383 e. The second-order valence-corrected chi connectivity index (χ2v) is 5.12. The Morgan fingerprint density at radius 2 is 2.06 bits per heavy atom. The summed E-state index contributed by atoms with van der Waals surface area (Å²) in [4.78, 5) is 26.4. The second-order valence-electron chi connectivity index (χ2n) is 5.12. The number of rotatable bonds is 5. The first kappa shape index (κ1) is 15.0. The first-order chi connectivity index (χ1) is 8.41. The third-order valence-corrected chi connectivity index (χ3v) is 3.72. The predicted octanol–water partition coefficient (Wildman–Crippen LogP) is 0.927. The highest BCUT2D eigenvalue weighted by Crippen LogP contribution is 2.24. The van der Waals surface area contributed by atoms with Crippen molar-refractivity contribution in [2.75, 3.05) is 13.7 Å². The maximum Gasteiger partial charge on any atom is 0.249 e. The highest BCUT2D eigenvalue weighted by molar-refractivity contribution is 5.99. The van der Waals surface area contributed by atoms with Crippen molar-refractivity contribution in [2.45, 2.75) is 58.2 Å². The summed E-state index contributed by atoms with van der Waals surface area (Å²) in [5, 5.41) is 2.85. The van der Waals surface area contributed by atoms with Crippen molar-refractivity contribution in [1.29, 1.82) is 0 Å². The lowest BCUT2D eigenvalue weighted by molar-refractivity contribution is -0.158. The molecule has 1 saturated heterocycles. The van der Waals surface area contributed by atoms with E-state index in [2.05, 4.69) is 5.32 Å². The number of nitrogens with zero attached hydrogens (tertiary/aromatic N) is 1. The Labute approximate surface area is 109 Å². The van der Waals surface area contributed by atoms with E-state index in [-0.39, 0.29) is 23.9 Å². The molecule has 0 bridgehead atoms. The zero-order valence-electron chi connectivity index (χ0n) is 11.9. The topological polar surface area (TPSA) is 58.6 Å². The van der Waals surface area contributed by atoms with E-state index in [1.165, 1.54) is 0 Å².